The minimum Gasteiger partial charge on any atom is -0.253 e. The van der Waals surface area contributed by atoms with E-state index in [0.29, 0.717) is 5.88 Å². The lowest BCUT2D eigenvalue weighted by Gasteiger charge is -2.07. The average Bonchev–Trinajstić information content (AvgIpc) is 2.29. The van der Waals surface area contributed by atoms with Crippen LogP contribution < -0.4 is 0 Å². The number of hydrogen-bond acceptors (Lipinski definition) is 2. The van der Waals surface area contributed by atoms with Gasteiger partial charge in [0.25, 0.3) is 0 Å². The van der Waals surface area contributed by atoms with Crippen molar-refractivity contribution in [2.45, 2.75) is 12.7 Å². The Bertz CT molecular complexity index is 484. The first kappa shape index (κ1) is 11.7. The summed E-state index contributed by atoms with van der Waals surface area (Å²) in [5.74, 6) is 2.72. The smallest absolute Gasteiger partial charge is 0.0708 e. The highest BCUT2D eigenvalue weighted by atomic mass is 35.5. The van der Waals surface area contributed by atoms with Gasteiger partial charge in [0.05, 0.1) is 5.52 Å². The van der Waals surface area contributed by atoms with Crippen molar-refractivity contribution in [1.82, 2.24) is 4.98 Å². The standard InChI is InChI=1S/C13H14ClNS/c1-10-8-11(9-16-7-6-14)12-4-2-3-5-13(12)15-10/h2-5,8H,6-7,9H2,1H3. The summed E-state index contributed by atoms with van der Waals surface area (Å²) in [6.45, 7) is 2.04. The van der Waals surface area contributed by atoms with Crippen molar-refractivity contribution in [2.75, 3.05) is 11.6 Å². The molecule has 1 aromatic heterocycles. The van der Waals surface area contributed by atoms with E-state index >= 15 is 0 Å². The zero-order valence-electron chi connectivity index (χ0n) is 9.24. The first-order chi connectivity index (χ1) is 7.81. The van der Waals surface area contributed by atoms with Crippen LogP contribution in [0.3, 0.4) is 0 Å². The number of thioether (sulfide) groups is 1. The molecule has 0 saturated carbocycles. The fraction of sp³-hybridized carbons (Fsp3) is 0.308. The van der Waals surface area contributed by atoms with Crippen molar-refractivity contribution in [3.8, 4) is 0 Å². The Morgan fingerprint density at radius 2 is 2.12 bits per heavy atom. The molecule has 1 aromatic carbocycles. The van der Waals surface area contributed by atoms with Gasteiger partial charge in [-0.05, 0) is 24.6 Å². The lowest BCUT2D eigenvalue weighted by Crippen LogP contribution is -1.91. The molecule has 3 heteroatoms. The number of para-hydroxylation sites is 1. The maximum Gasteiger partial charge on any atom is 0.0708 e. The van der Waals surface area contributed by atoms with E-state index in [9.17, 15) is 0 Å². The first-order valence-electron chi connectivity index (χ1n) is 5.30. The molecule has 0 radical (unpaired) electrons. The van der Waals surface area contributed by atoms with E-state index in [1.165, 1.54) is 10.9 Å². The maximum absolute atomic E-state index is 5.68. The van der Waals surface area contributed by atoms with Crippen LogP contribution in [0.1, 0.15) is 11.3 Å². The summed E-state index contributed by atoms with van der Waals surface area (Å²) in [5, 5.41) is 1.26. The van der Waals surface area contributed by atoms with E-state index < -0.39 is 0 Å². The van der Waals surface area contributed by atoms with E-state index in [4.69, 9.17) is 11.6 Å². The van der Waals surface area contributed by atoms with Crippen LogP contribution in [0, 0.1) is 6.92 Å². The van der Waals surface area contributed by atoms with Gasteiger partial charge in [0.1, 0.15) is 0 Å². The van der Waals surface area contributed by atoms with Crippen molar-refractivity contribution in [1.29, 1.82) is 0 Å². The third kappa shape index (κ3) is 2.69. The molecule has 0 amide bonds. The molecule has 1 nitrogen and oxygen atoms in total. The summed E-state index contributed by atoms with van der Waals surface area (Å²) in [6.07, 6.45) is 0. The Kier molecular flexibility index (Phi) is 4.08. The van der Waals surface area contributed by atoms with Crippen LogP contribution in [0.25, 0.3) is 10.9 Å². The van der Waals surface area contributed by atoms with Crippen molar-refractivity contribution in [3.63, 3.8) is 0 Å². The molecular formula is C13H14ClNS. The molecule has 2 aromatic rings. The zero-order chi connectivity index (χ0) is 11.4. The zero-order valence-corrected chi connectivity index (χ0v) is 10.8. The third-order valence-electron chi connectivity index (χ3n) is 2.41. The molecule has 0 unspecified atom stereocenters. The Hall–Kier alpha value is -0.730. The molecule has 84 valence electrons. The summed E-state index contributed by atoms with van der Waals surface area (Å²) in [4.78, 5) is 4.53. The second-order valence-electron chi connectivity index (χ2n) is 3.68. The number of nitrogens with zero attached hydrogens (tertiary/aromatic N) is 1. The molecule has 16 heavy (non-hydrogen) atoms. The monoisotopic (exact) mass is 251 g/mol. The molecule has 0 aliphatic carbocycles. The predicted octanol–water partition coefficient (Wildman–Crippen LogP) is 4.02. The lowest BCUT2D eigenvalue weighted by molar-refractivity contribution is 1.23. The molecule has 0 aliphatic rings. The Morgan fingerprint density at radius 1 is 1.31 bits per heavy atom. The molecule has 0 bridgehead atoms. The number of alkyl halides is 1. The van der Waals surface area contributed by atoms with Gasteiger partial charge in [0.2, 0.25) is 0 Å². The van der Waals surface area contributed by atoms with Gasteiger partial charge in [-0.1, -0.05) is 18.2 Å². The molecule has 2 rings (SSSR count). The average molecular weight is 252 g/mol. The molecule has 0 atom stereocenters. The van der Waals surface area contributed by atoms with E-state index in [2.05, 4.69) is 29.2 Å². The highest BCUT2D eigenvalue weighted by Crippen LogP contribution is 2.22. The fourth-order valence-electron chi connectivity index (χ4n) is 1.75. The lowest BCUT2D eigenvalue weighted by atomic mass is 10.1. The number of halogens is 1. The molecular weight excluding hydrogens is 238 g/mol. The van der Waals surface area contributed by atoms with Gasteiger partial charge in [-0.3, -0.25) is 4.98 Å². The second kappa shape index (κ2) is 5.55. The Balaban J connectivity index is 2.34. The molecule has 1 heterocycles. The summed E-state index contributed by atoms with van der Waals surface area (Å²) < 4.78 is 0. The van der Waals surface area contributed by atoms with Crippen LogP contribution in [0.4, 0.5) is 0 Å². The quantitative estimate of drug-likeness (QED) is 0.602. The normalized spacial score (nSPS) is 10.9. The third-order valence-corrected chi connectivity index (χ3v) is 3.83. The number of aromatic nitrogens is 1. The number of hydrogen-bond donors (Lipinski definition) is 0. The van der Waals surface area contributed by atoms with Crippen LogP contribution in [0.5, 0.6) is 0 Å². The minimum absolute atomic E-state index is 0.715. The summed E-state index contributed by atoms with van der Waals surface area (Å²) in [5.41, 5.74) is 3.53. The summed E-state index contributed by atoms with van der Waals surface area (Å²) >= 11 is 7.55. The van der Waals surface area contributed by atoms with Crippen molar-refractivity contribution in [2.24, 2.45) is 0 Å². The molecule has 0 saturated heterocycles. The van der Waals surface area contributed by atoms with Crippen molar-refractivity contribution >= 4 is 34.3 Å². The van der Waals surface area contributed by atoms with Crippen LogP contribution in [-0.2, 0) is 5.75 Å². The number of fused-ring (bicyclic) bond motifs is 1. The molecule has 0 spiro atoms. The highest BCUT2D eigenvalue weighted by molar-refractivity contribution is 7.98. The van der Waals surface area contributed by atoms with E-state index in [0.717, 1.165) is 22.7 Å². The maximum atomic E-state index is 5.68. The van der Waals surface area contributed by atoms with Gasteiger partial charge >= 0.3 is 0 Å². The van der Waals surface area contributed by atoms with Crippen LogP contribution in [0.15, 0.2) is 30.3 Å². The second-order valence-corrected chi connectivity index (χ2v) is 5.16. The topological polar surface area (TPSA) is 12.9 Å². The van der Waals surface area contributed by atoms with Crippen LogP contribution in [0.2, 0.25) is 0 Å². The molecule has 0 N–H and O–H groups in total. The molecule has 0 aliphatic heterocycles. The number of pyridine rings is 1. The summed E-state index contributed by atoms with van der Waals surface area (Å²) in [7, 11) is 0. The van der Waals surface area contributed by atoms with Gasteiger partial charge in [-0.15, -0.1) is 11.6 Å². The van der Waals surface area contributed by atoms with E-state index in [1.807, 2.05) is 24.8 Å². The fourth-order valence-corrected chi connectivity index (χ4v) is 2.79. The first-order valence-corrected chi connectivity index (χ1v) is 6.99. The number of aryl methyl sites for hydroxylation is 1. The minimum atomic E-state index is 0.715. The summed E-state index contributed by atoms with van der Waals surface area (Å²) in [6, 6.07) is 10.5. The van der Waals surface area contributed by atoms with Gasteiger partial charge in [-0.2, -0.15) is 11.8 Å². The SMILES string of the molecule is Cc1cc(CSCCCl)c2ccccc2n1. The Labute approximate surface area is 105 Å². The Morgan fingerprint density at radius 3 is 2.94 bits per heavy atom. The largest absolute Gasteiger partial charge is 0.253 e. The van der Waals surface area contributed by atoms with Gasteiger partial charge in [0, 0.05) is 28.5 Å². The van der Waals surface area contributed by atoms with Gasteiger partial charge in [-0.25, -0.2) is 0 Å². The van der Waals surface area contributed by atoms with Gasteiger partial charge < -0.3 is 0 Å². The van der Waals surface area contributed by atoms with Crippen molar-refractivity contribution < 1.29 is 0 Å². The van der Waals surface area contributed by atoms with E-state index in [1.54, 1.807) is 0 Å². The predicted molar refractivity (Wildman–Crippen MR) is 73.4 cm³/mol. The highest BCUT2D eigenvalue weighted by Gasteiger charge is 2.03. The van der Waals surface area contributed by atoms with Crippen LogP contribution in [-0.4, -0.2) is 16.6 Å². The van der Waals surface area contributed by atoms with Gasteiger partial charge in [0.15, 0.2) is 0 Å². The van der Waals surface area contributed by atoms with E-state index in [-0.39, 0.29) is 0 Å². The molecule has 0 fully saturated rings. The van der Waals surface area contributed by atoms with Crippen molar-refractivity contribution in [3.05, 3.63) is 41.6 Å². The number of benzene rings is 1. The van der Waals surface area contributed by atoms with Crippen LogP contribution >= 0.6 is 23.4 Å². The number of rotatable bonds is 4.